The predicted octanol–water partition coefficient (Wildman–Crippen LogP) is 4.67. The summed E-state index contributed by atoms with van der Waals surface area (Å²) < 4.78 is 25.4. The number of benzene rings is 3. The van der Waals surface area contributed by atoms with Crippen LogP contribution in [0, 0.1) is 11.7 Å². The summed E-state index contributed by atoms with van der Waals surface area (Å²) in [4.78, 5) is 67.4. The molecule has 1 aromatic heterocycles. The Hall–Kier alpha value is -4.75. The Labute approximate surface area is 264 Å². The minimum atomic E-state index is -0.888. The normalized spacial score (nSPS) is 18.7. The maximum atomic E-state index is 14.0. The van der Waals surface area contributed by atoms with Gasteiger partial charge in [0.15, 0.2) is 0 Å². The van der Waals surface area contributed by atoms with Crippen molar-refractivity contribution in [2.75, 3.05) is 23.9 Å². The molecule has 4 aromatic rings. The Morgan fingerprint density at radius 1 is 0.933 bits per heavy atom. The molecule has 1 fully saturated rings. The van der Waals surface area contributed by atoms with E-state index in [4.69, 9.17) is 9.47 Å². The van der Waals surface area contributed by atoms with Crippen molar-refractivity contribution in [1.82, 2.24) is 4.57 Å². The van der Waals surface area contributed by atoms with Crippen molar-refractivity contribution in [3.63, 3.8) is 0 Å². The summed E-state index contributed by atoms with van der Waals surface area (Å²) in [6.45, 7) is 1.59. The Kier molecular flexibility index (Phi) is 8.30. The SMILES string of the molecule is CCOC(=O)c1ccc(NC(=O)Cn2c3c(sc2=O)[C@@H](c2ccc(F)cc2)[C@@H]2C(=O)N(c4ccc(OC)cc4)C(=O)[C@@H]2S3)cc1. The zero-order chi connectivity index (χ0) is 31.8. The number of imide groups is 1. The van der Waals surface area contributed by atoms with Crippen LogP contribution in [0.4, 0.5) is 15.8 Å². The summed E-state index contributed by atoms with van der Waals surface area (Å²) in [6.07, 6.45) is 0. The van der Waals surface area contributed by atoms with Crippen LogP contribution in [0.1, 0.15) is 33.6 Å². The molecule has 1 saturated heterocycles. The first-order chi connectivity index (χ1) is 21.7. The number of fused-ring (bicyclic) bond motifs is 2. The lowest BCUT2D eigenvalue weighted by Gasteiger charge is -2.30. The third kappa shape index (κ3) is 5.64. The number of thiazole rings is 1. The molecule has 2 aliphatic heterocycles. The van der Waals surface area contributed by atoms with Gasteiger partial charge in [-0.1, -0.05) is 35.2 Å². The van der Waals surface area contributed by atoms with Gasteiger partial charge in [-0.2, -0.15) is 0 Å². The molecule has 0 bridgehead atoms. The zero-order valence-electron chi connectivity index (χ0n) is 24.0. The van der Waals surface area contributed by atoms with Crippen molar-refractivity contribution >= 4 is 58.2 Å². The van der Waals surface area contributed by atoms with Crippen LogP contribution in [0.5, 0.6) is 5.75 Å². The molecule has 6 rings (SSSR count). The Balaban J connectivity index is 1.33. The number of amides is 3. The highest BCUT2D eigenvalue weighted by Crippen LogP contribution is 2.53. The topological polar surface area (TPSA) is 124 Å². The first-order valence-corrected chi connectivity index (χ1v) is 15.6. The van der Waals surface area contributed by atoms with Crippen molar-refractivity contribution in [1.29, 1.82) is 0 Å². The average molecular weight is 648 g/mol. The second kappa shape index (κ2) is 12.3. The van der Waals surface area contributed by atoms with Crippen LogP contribution in [-0.4, -0.2) is 47.2 Å². The number of hydrogen-bond acceptors (Lipinski definition) is 9. The minimum Gasteiger partial charge on any atom is -0.497 e. The summed E-state index contributed by atoms with van der Waals surface area (Å²) >= 11 is 1.98. The molecule has 3 aromatic carbocycles. The largest absolute Gasteiger partial charge is 0.497 e. The highest BCUT2D eigenvalue weighted by Gasteiger charge is 2.56. The number of carbonyl (C=O) groups excluding carboxylic acids is 4. The molecule has 0 unspecified atom stereocenters. The highest BCUT2D eigenvalue weighted by atomic mass is 32.2. The van der Waals surface area contributed by atoms with Gasteiger partial charge in [0.2, 0.25) is 17.7 Å². The lowest BCUT2D eigenvalue weighted by molar-refractivity contribution is -0.122. The summed E-state index contributed by atoms with van der Waals surface area (Å²) in [6, 6.07) is 18.3. The Bertz CT molecular complexity index is 1850. The van der Waals surface area contributed by atoms with Gasteiger partial charge >= 0.3 is 10.8 Å². The minimum absolute atomic E-state index is 0.234. The van der Waals surface area contributed by atoms with Gasteiger partial charge in [0.1, 0.15) is 23.4 Å². The summed E-state index contributed by atoms with van der Waals surface area (Å²) in [5, 5.41) is 2.25. The summed E-state index contributed by atoms with van der Waals surface area (Å²) in [7, 11) is 1.51. The quantitative estimate of drug-likeness (QED) is 0.216. The molecule has 45 heavy (non-hydrogen) atoms. The number of methoxy groups -OCH3 is 1. The first kappa shape index (κ1) is 30.3. The lowest BCUT2D eigenvalue weighted by atomic mass is 9.83. The van der Waals surface area contributed by atoms with Gasteiger partial charge in [0, 0.05) is 16.5 Å². The molecule has 0 spiro atoms. The number of nitrogens with zero attached hydrogens (tertiary/aromatic N) is 2. The van der Waals surface area contributed by atoms with E-state index in [9.17, 15) is 28.4 Å². The number of thioether (sulfide) groups is 1. The molecule has 3 amide bonds. The maximum absolute atomic E-state index is 14.0. The molecule has 230 valence electrons. The van der Waals surface area contributed by atoms with Crippen LogP contribution in [0.3, 0.4) is 0 Å². The Morgan fingerprint density at radius 2 is 1.62 bits per heavy atom. The molecule has 3 atom stereocenters. The lowest BCUT2D eigenvalue weighted by Crippen LogP contribution is -2.33. The van der Waals surface area contributed by atoms with E-state index in [1.54, 1.807) is 55.5 Å². The number of esters is 1. The molecule has 2 aliphatic rings. The predicted molar refractivity (Wildman–Crippen MR) is 166 cm³/mol. The standard InChI is InChI=1S/C32H26FN3O7S2/c1-3-43-31(40)18-6-10-20(11-7-18)34-23(37)16-35-30-27(45-32(35)41)24(17-4-8-19(33)9-5-17)25-26(44-30)29(39)36(28(25)38)21-12-14-22(42-2)15-13-21/h4-15,24-26H,3,16H2,1-2H3,(H,34,37)/t24-,25-,26+/m0/s1. The molecule has 13 heteroatoms. The van der Waals surface area contributed by atoms with Crippen LogP contribution in [0.15, 0.2) is 82.6 Å². The number of aromatic nitrogens is 1. The molecule has 0 radical (unpaired) electrons. The zero-order valence-corrected chi connectivity index (χ0v) is 25.7. The number of hydrogen-bond donors (Lipinski definition) is 1. The van der Waals surface area contributed by atoms with Gasteiger partial charge in [0.25, 0.3) is 0 Å². The molecule has 0 saturated carbocycles. The van der Waals surface area contributed by atoms with Crippen molar-refractivity contribution in [3.8, 4) is 5.75 Å². The second-order valence-electron chi connectivity index (χ2n) is 10.3. The van der Waals surface area contributed by atoms with Crippen LogP contribution in [0.2, 0.25) is 0 Å². The first-order valence-electron chi connectivity index (χ1n) is 13.9. The highest BCUT2D eigenvalue weighted by molar-refractivity contribution is 8.00. The van der Waals surface area contributed by atoms with E-state index in [1.807, 2.05) is 0 Å². The number of carbonyl (C=O) groups is 4. The molecule has 1 N–H and O–H groups in total. The number of halogens is 1. The monoisotopic (exact) mass is 647 g/mol. The Morgan fingerprint density at radius 3 is 2.27 bits per heavy atom. The van der Waals surface area contributed by atoms with Gasteiger partial charge in [-0.15, -0.1) is 0 Å². The van der Waals surface area contributed by atoms with E-state index in [1.165, 1.54) is 35.9 Å². The van der Waals surface area contributed by atoms with Gasteiger partial charge in [0.05, 0.1) is 35.9 Å². The fourth-order valence-electron chi connectivity index (χ4n) is 5.52. The van der Waals surface area contributed by atoms with Gasteiger partial charge < -0.3 is 14.8 Å². The number of ether oxygens (including phenoxy) is 2. The number of anilines is 2. The molecular weight excluding hydrogens is 621 g/mol. The maximum Gasteiger partial charge on any atom is 0.338 e. The second-order valence-corrected chi connectivity index (χ2v) is 12.4. The van der Waals surface area contributed by atoms with E-state index < -0.39 is 51.5 Å². The fraction of sp³-hybridized carbons (Fsp3) is 0.219. The van der Waals surface area contributed by atoms with Crippen LogP contribution < -0.4 is 19.8 Å². The van der Waals surface area contributed by atoms with Gasteiger partial charge in [-0.3, -0.25) is 23.7 Å². The van der Waals surface area contributed by atoms with Gasteiger partial charge in [-0.25, -0.2) is 14.1 Å². The number of nitrogens with one attached hydrogen (secondary N) is 1. The van der Waals surface area contributed by atoms with E-state index in [-0.39, 0.29) is 13.2 Å². The third-order valence-electron chi connectivity index (χ3n) is 7.59. The van der Waals surface area contributed by atoms with Crippen molar-refractivity contribution < 1.29 is 33.0 Å². The third-order valence-corrected chi connectivity index (χ3v) is 10.2. The molecule has 3 heterocycles. The molecule has 10 nitrogen and oxygen atoms in total. The molecular formula is C32H26FN3O7S2. The van der Waals surface area contributed by atoms with Crippen LogP contribution >= 0.6 is 23.1 Å². The smallest absolute Gasteiger partial charge is 0.338 e. The fourth-order valence-corrected chi connectivity index (χ4v) is 8.29. The van der Waals surface area contributed by atoms with Crippen LogP contribution in [-0.2, 0) is 25.7 Å². The van der Waals surface area contributed by atoms with Crippen LogP contribution in [0.25, 0.3) is 0 Å². The summed E-state index contributed by atoms with van der Waals surface area (Å²) in [5.74, 6) is -3.35. The molecule has 0 aliphatic carbocycles. The average Bonchev–Trinajstić information content (AvgIpc) is 3.48. The van der Waals surface area contributed by atoms with E-state index in [0.717, 1.165) is 28.0 Å². The van der Waals surface area contributed by atoms with E-state index >= 15 is 0 Å². The van der Waals surface area contributed by atoms with E-state index in [2.05, 4.69) is 5.32 Å². The van der Waals surface area contributed by atoms with Crippen molar-refractivity contribution in [3.05, 3.63) is 104 Å². The van der Waals surface area contributed by atoms with Gasteiger partial charge in [-0.05, 0) is 73.2 Å². The van der Waals surface area contributed by atoms with E-state index in [0.29, 0.717) is 38.2 Å². The van der Waals surface area contributed by atoms with Crippen molar-refractivity contribution in [2.45, 2.75) is 29.7 Å². The summed E-state index contributed by atoms with van der Waals surface area (Å²) in [5.41, 5.74) is 1.70. The number of rotatable bonds is 8. The van der Waals surface area contributed by atoms with Crippen molar-refractivity contribution in [2.24, 2.45) is 5.92 Å².